The molecule has 2 N–H and O–H groups in total. The highest BCUT2D eigenvalue weighted by atomic mass is 32.2. The Bertz CT molecular complexity index is 317. The highest BCUT2D eigenvalue weighted by Crippen LogP contribution is 2.17. The molecule has 0 amide bonds. The van der Waals surface area contributed by atoms with Gasteiger partial charge in [-0.15, -0.1) is 0 Å². The van der Waals surface area contributed by atoms with E-state index >= 15 is 0 Å². The molecule has 78 valence electrons. The molecular formula is C4H8N6O3S. The molecule has 0 aromatic carbocycles. The van der Waals surface area contributed by atoms with Crippen molar-refractivity contribution in [2.75, 3.05) is 6.54 Å². The second-order valence-electron chi connectivity index (χ2n) is 2.44. The lowest BCUT2D eigenvalue weighted by Gasteiger charge is -2.24. The average Bonchev–Trinajstić information content (AvgIpc) is 2.11. The molecule has 0 bridgehead atoms. The fraction of sp³-hybridized carbons (Fsp3) is 1.00. The van der Waals surface area contributed by atoms with Crippen LogP contribution in [0.25, 0.3) is 20.9 Å². The van der Waals surface area contributed by atoms with Gasteiger partial charge in [0.05, 0.1) is 6.04 Å². The Labute approximate surface area is 81.3 Å². The highest BCUT2D eigenvalue weighted by molar-refractivity contribution is 7.80. The second kappa shape index (κ2) is 5.43. The van der Waals surface area contributed by atoms with E-state index in [4.69, 9.17) is 15.6 Å². The summed E-state index contributed by atoms with van der Waals surface area (Å²) in [7, 11) is 0. The molecule has 0 heterocycles. The van der Waals surface area contributed by atoms with E-state index in [1.165, 1.54) is 0 Å². The van der Waals surface area contributed by atoms with Crippen molar-refractivity contribution in [1.29, 1.82) is 0 Å². The van der Waals surface area contributed by atoms with Gasteiger partial charge in [0.2, 0.25) is 0 Å². The molecule has 0 saturated carbocycles. The van der Waals surface area contributed by atoms with Gasteiger partial charge in [-0.2, -0.15) is 0 Å². The van der Waals surface area contributed by atoms with Gasteiger partial charge in [0.25, 0.3) is 0 Å². The van der Waals surface area contributed by atoms with E-state index in [0.717, 1.165) is 6.92 Å². The zero-order valence-electron chi connectivity index (χ0n) is 7.18. The van der Waals surface area contributed by atoms with Crippen LogP contribution in [0, 0.1) is 0 Å². The fourth-order valence-electron chi connectivity index (χ4n) is 0.606. The van der Waals surface area contributed by atoms with Crippen molar-refractivity contribution in [3.63, 3.8) is 0 Å². The molecule has 0 radical (unpaired) electrons. The molecule has 0 aromatic heterocycles. The molecular weight excluding hydrogens is 212 g/mol. The Balaban J connectivity index is 4.88. The third-order valence-electron chi connectivity index (χ3n) is 1.48. The van der Waals surface area contributed by atoms with E-state index in [-0.39, 0.29) is 6.54 Å². The summed E-state index contributed by atoms with van der Waals surface area (Å²) in [5.74, 6) is 0. The monoisotopic (exact) mass is 220 g/mol. The average molecular weight is 220 g/mol. The van der Waals surface area contributed by atoms with E-state index in [0.29, 0.717) is 0 Å². The summed E-state index contributed by atoms with van der Waals surface area (Å²) in [6.45, 7) is 0.620. The minimum atomic E-state index is -2.60. The first-order chi connectivity index (χ1) is 6.46. The summed E-state index contributed by atoms with van der Waals surface area (Å²) in [5, 5.41) is 15.5. The quantitative estimate of drug-likeness (QED) is 0.306. The fourth-order valence-corrected chi connectivity index (χ4v) is 0.960. The van der Waals surface area contributed by atoms with Crippen LogP contribution in [0.5, 0.6) is 0 Å². The van der Waals surface area contributed by atoms with E-state index < -0.39 is 22.1 Å². The predicted molar refractivity (Wildman–Crippen MR) is 48.3 cm³/mol. The van der Waals surface area contributed by atoms with Gasteiger partial charge in [-0.05, 0) is 18.0 Å². The lowest BCUT2D eigenvalue weighted by molar-refractivity contribution is 0.115. The molecule has 10 heteroatoms. The first-order valence-electron chi connectivity index (χ1n) is 3.35. The predicted octanol–water partition coefficient (Wildman–Crippen LogP) is 0.906. The molecule has 3 unspecified atom stereocenters. The van der Waals surface area contributed by atoms with Crippen LogP contribution < -0.4 is 0 Å². The summed E-state index contributed by atoms with van der Waals surface area (Å²) < 4.78 is 19.3. The van der Waals surface area contributed by atoms with Gasteiger partial charge in [-0.3, -0.25) is 0 Å². The van der Waals surface area contributed by atoms with Gasteiger partial charge >= 0.3 is 0 Å². The molecule has 14 heavy (non-hydrogen) atoms. The van der Waals surface area contributed by atoms with E-state index in [9.17, 15) is 9.32 Å². The molecule has 0 rings (SSSR count). The zero-order chi connectivity index (χ0) is 11.2. The summed E-state index contributed by atoms with van der Waals surface area (Å²) in [6.07, 6.45) is 0. The molecule has 0 aromatic rings. The van der Waals surface area contributed by atoms with Crippen molar-refractivity contribution in [2.24, 2.45) is 10.2 Å². The van der Waals surface area contributed by atoms with Crippen LogP contribution in [0.1, 0.15) is 6.92 Å². The van der Waals surface area contributed by atoms with Crippen LogP contribution in [-0.4, -0.2) is 31.4 Å². The SMILES string of the molecule is CC(O)(C(CN=[N+]=[N-])N=[N+]=[N-])S(=O)O. The Kier molecular flexibility index (Phi) is 4.92. The normalized spacial score (nSPS) is 18.2. The smallest absolute Gasteiger partial charge is 0.185 e. The van der Waals surface area contributed by atoms with E-state index in [1.54, 1.807) is 0 Å². The van der Waals surface area contributed by atoms with Crippen molar-refractivity contribution in [1.82, 2.24) is 0 Å². The first kappa shape index (κ1) is 12.7. The van der Waals surface area contributed by atoms with Crippen LogP contribution in [0.4, 0.5) is 0 Å². The van der Waals surface area contributed by atoms with Crippen LogP contribution in [0.2, 0.25) is 0 Å². The maximum Gasteiger partial charge on any atom is 0.185 e. The number of rotatable bonds is 5. The van der Waals surface area contributed by atoms with Gasteiger partial charge in [-0.1, -0.05) is 10.2 Å². The molecule has 0 fully saturated rings. The number of nitrogens with zero attached hydrogens (tertiary/aromatic N) is 6. The van der Waals surface area contributed by atoms with Crippen LogP contribution in [-0.2, 0) is 11.1 Å². The van der Waals surface area contributed by atoms with Gasteiger partial charge in [0.15, 0.2) is 16.0 Å². The van der Waals surface area contributed by atoms with Gasteiger partial charge < -0.3 is 9.66 Å². The van der Waals surface area contributed by atoms with Gasteiger partial charge in [-0.25, -0.2) is 4.21 Å². The molecule has 0 aliphatic carbocycles. The Morgan fingerprint density at radius 2 is 2.14 bits per heavy atom. The molecule has 9 nitrogen and oxygen atoms in total. The summed E-state index contributed by atoms with van der Waals surface area (Å²) in [6, 6.07) is -1.28. The standard InChI is InChI=1S/C4H8N6O3S/c1-4(11,14(12)13)3(8-10-6)2-7-9-5/h3,11H,2H2,1H3,(H,12,13). The van der Waals surface area contributed by atoms with Gasteiger partial charge in [0.1, 0.15) is 0 Å². The van der Waals surface area contributed by atoms with Crippen molar-refractivity contribution in [3.8, 4) is 0 Å². The molecule has 0 spiro atoms. The Hall–Kier alpha value is -1.31. The van der Waals surface area contributed by atoms with Crippen molar-refractivity contribution in [2.45, 2.75) is 17.9 Å². The van der Waals surface area contributed by atoms with Crippen molar-refractivity contribution >= 4 is 11.1 Å². The van der Waals surface area contributed by atoms with Crippen LogP contribution >= 0.6 is 0 Å². The number of azide groups is 2. The first-order valence-corrected chi connectivity index (χ1v) is 4.46. The minimum Gasteiger partial charge on any atom is -0.374 e. The van der Waals surface area contributed by atoms with E-state index in [1.807, 2.05) is 0 Å². The lowest BCUT2D eigenvalue weighted by atomic mass is 10.2. The van der Waals surface area contributed by atoms with Gasteiger partial charge in [0, 0.05) is 16.4 Å². The number of hydrogen-bond acceptors (Lipinski definition) is 4. The third kappa shape index (κ3) is 3.21. The van der Waals surface area contributed by atoms with Crippen molar-refractivity contribution < 1.29 is 13.9 Å². The number of hydrogen-bond donors (Lipinski definition) is 2. The summed E-state index contributed by atoms with van der Waals surface area (Å²) in [4.78, 5) is 2.62. The lowest BCUT2D eigenvalue weighted by Crippen LogP contribution is -2.43. The number of aliphatic hydroxyl groups is 1. The Morgan fingerprint density at radius 1 is 1.57 bits per heavy atom. The zero-order valence-corrected chi connectivity index (χ0v) is 8.00. The summed E-state index contributed by atoms with van der Waals surface area (Å²) in [5.41, 5.74) is 16.1. The summed E-state index contributed by atoms with van der Waals surface area (Å²) >= 11 is -2.60. The van der Waals surface area contributed by atoms with Crippen molar-refractivity contribution in [3.05, 3.63) is 20.9 Å². The highest BCUT2D eigenvalue weighted by Gasteiger charge is 2.36. The van der Waals surface area contributed by atoms with Crippen LogP contribution in [0.15, 0.2) is 10.2 Å². The third-order valence-corrected chi connectivity index (χ3v) is 2.46. The Morgan fingerprint density at radius 3 is 2.50 bits per heavy atom. The maximum absolute atomic E-state index is 10.6. The molecule has 0 saturated heterocycles. The topological polar surface area (TPSA) is 155 Å². The van der Waals surface area contributed by atoms with E-state index in [2.05, 4.69) is 20.1 Å². The minimum absolute atomic E-state index is 0.389. The molecule has 0 aliphatic rings. The largest absolute Gasteiger partial charge is 0.374 e. The maximum atomic E-state index is 10.6. The van der Waals surface area contributed by atoms with Crippen LogP contribution in [0.3, 0.4) is 0 Å². The second-order valence-corrected chi connectivity index (χ2v) is 3.76. The molecule has 0 aliphatic heterocycles. The molecule has 3 atom stereocenters.